The normalized spacial score (nSPS) is 26.8. The number of benzene rings is 1. The summed E-state index contributed by atoms with van der Waals surface area (Å²) in [7, 11) is -4.09. The minimum Gasteiger partial charge on any atom is -0.394 e. The number of nitrogens with two attached hydrogens (primary N) is 1. The number of ether oxygens (including phenoxy) is 1. The Kier molecular flexibility index (Phi) is 4.81. The van der Waals surface area contributed by atoms with Gasteiger partial charge in [0, 0.05) is 11.8 Å². The predicted molar refractivity (Wildman–Crippen MR) is 105 cm³/mol. The molecule has 0 aliphatic carbocycles. The lowest BCUT2D eigenvalue weighted by Gasteiger charge is -2.33. The quantitative estimate of drug-likeness (QED) is 0.429. The Morgan fingerprint density at radius 1 is 1.27 bits per heavy atom. The summed E-state index contributed by atoms with van der Waals surface area (Å²) in [5.74, 6) is -0.723. The summed E-state index contributed by atoms with van der Waals surface area (Å²) in [6.45, 7) is -0.708. The first-order valence-electron chi connectivity index (χ1n) is 8.91. The van der Waals surface area contributed by atoms with E-state index >= 15 is 0 Å². The van der Waals surface area contributed by atoms with E-state index < -0.39 is 45.4 Å². The molecule has 1 aliphatic heterocycles. The molecule has 1 aliphatic rings. The van der Waals surface area contributed by atoms with Crippen molar-refractivity contribution in [1.82, 2.24) is 19.5 Å². The third-order valence-corrected chi connectivity index (χ3v) is 6.65. The van der Waals surface area contributed by atoms with Gasteiger partial charge in [-0.2, -0.15) is 0 Å². The van der Waals surface area contributed by atoms with Crippen molar-refractivity contribution < 1.29 is 28.2 Å². The van der Waals surface area contributed by atoms with Gasteiger partial charge in [0.25, 0.3) is 0 Å². The van der Waals surface area contributed by atoms with E-state index in [1.807, 2.05) is 0 Å². The first-order valence-corrected chi connectivity index (χ1v) is 10.9. The van der Waals surface area contributed by atoms with Crippen LogP contribution in [-0.4, -0.2) is 74.3 Å². The fraction of sp³-hybridized carbons (Fsp3) is 0.333. The SMILES string of the molecule is CS(=O)(=O)C1[C@H](O)[C@@H](CO)O[C@@]1(C(=O)c1ccccc1)n1cnc2c(N)ncnc21. The van der Waals surface area contributed by atoms with Crippen LogP contribution in [0, 0.1) is 0 Å². The van der Waals surface area contributed by atoms with E-state index in [0.717, 1.165) is 17.2 Å². The van der Waals surface area contributed by atoms with Crippen molar-refractivity contribution in [1.29, 1.82) is 0 Å². The fourth-order valence-electron chi connectivity index (χ4n) is 3.86. The van der Waals surface area contributed by atoms with Crippen LogP contribution >= 0.6 is 0 Å². The van der Waals surface area contributed by atoms with Crippen molar-refractivity contribution >= 4 is 32.6 Å². The van der Waals surface area contributed by atoms with Crippen molar-refractivity contribution in [2.24, 2.45) is 0 Å². The Bertz CT molecular complexity index is 1210. The minimum atomic E-state index is -4.09. The molecule has 4 N–H and O–H groups in total. The molecule has 1 saturated heterocycles. The molecule has 0 amide bonds. The molecule has 0 radical (unpaired) electrons. The van der Waals surface area contributed by atoms with Gasteiger partial charge in [-0.25, -0.2) is 23.4 Å². The van der Waals surface area contributed by atoms with Crippen LogP contribution in [0.5, 0.6) is 0 Å². The molecule has 12 heteroatoms. The van der Waals surface area contributed by atoms with Gasteiger partial charge in [-0.3, -0.25) is 9.36 Å². The molecule has 1 unspecified atom stereocenters. The van der Waals surface area contributed by atoms with Gasteiger partial charge in [-0.1, -0.05) is 30.3 Å². The topological polar surface area (TPSA) is 171 Å². The maximum Gasteiger partial charge on any atom is 0.232 e. The second-order valence-corrected chi connectivity index (χ2v) is 9.18. The number of rotatable bonds is 5. The Balaban J connectivity index is 2.08. The van der Waals surface area contributed by atoms with E-state index in [9.17, 15) is 23.4 Å². The monoisotopic (exact) mass is 433 g/mol. The largest absolute Gasteiger partial charge is 0.394 e. The highest BCUT2D eigenvalue weighted by Gasteiger charge is 2.65. The molecule has 158 valence electrons. The number of carbonyl (C=O) groups excluding carboxylic acids is 1. The van der Waals surface area contributed by atoms with E-state index in [1.54, 1.807) is 18.2 Å². The first-order chi connectivity index (χ1) is 14.2. The van der Waals surface area contributed by atoms with Crippen molar-refractivity contribution in [3.63, 3.8) is 0 Å². The summed E-state index contributed by atoms with van der Waals surface area (Å²) in [6, 6.07) is 7.90. The van der Waals surface area contributed by atoms with Gasteiger partial charge in [0.05, 0.1) is 6.61 Å². The van der Waals surface area contributed by atoms with Crippen molar-refractivity contribution in [3.8, 4) is 0 Å². The minimum absolute atomic E-state index is 0.0224. The summed E-state index contributed by atoms with van der Waals surface area (Å²) >= 11 is 0. The lowest BCUT2D eigenvalue weighted by atomic mass is 9.95. The van der Waals surface area contributed by atoms with E-state index in [-0.39, 0.29) is 22.5 Å². The summed E-state index contributed by atoms with van der Waals surface area (Å²) in [4.78, 5) is 25.8. The zero-order valence-corrected chi connectivity index (χ0v) is 16.6. The van der Waals surface area contributed by atoms with E-state index in [4.69, 9.17) is 10.5 Å². The molecule has 4 atom stereocenters. The second kappa shape index (κ2) is 7.09. The van der Waals surface area contributed by atoms with Crippen LogP contribution < -0.4 is 5.73 Å². The number of hydrogen-bond donors (Lipinski definition) is 3. The van der Waals surface area contributed by atoms with Crippen molar-refractivity contribution in [2.45, 2.75) is 23.2 Å². The number of aliphatic hydroxyl groups excluding tert-OH is 2. The Labute approximate surface area is 171 Å². The van der Waals surface area contributed by atoms with Crippen LogP contribution in [-0.2, 0) is 20.3 Å². The van der Waals surface area contributed by atoms with Crippen molar-refractivity contribution in [2.75, 3.05) is 18.6 Å². The smallest absolute Gasteiger partial charge is 0.232 e. The van der Waals surface area contributed by atoms with Gasteiger partial charge in [0.1, 0.15) is 35.6 Å². The number of aliphatic hydroxyl groups is 2. The van der Waals surface area contributed by atoms with Gasteiger partial charge < -0.3 is 20.7 Å². The van der Waals surface area contributed by atoms with Gasteiger partial charge in [0.2, 0.25) is 11.5 Å². The standard InChI is InChI=1S/C18H19N5O6S/c1-30(27,28)15-13(25)11(7-24)29-18(15,14(26)10-5-3-2-4-6-10)23-9-22-12-16(19)20-8-21-17(12)23/h2-6,8-9,11,13,15,24-25H,7H2,1H3,(H2,19,20,21)/t11-,13-,15?,18-/m1/s1. The highest BCUT2D eigenvalue weighted by molar-refractivity contribution is 7.91. The zero-order chi connectivity index (χ0) is 21.7. The molecule has 0 bridgehead atoms. The molecule has 3 heterocycles. The summed E-state index contributed by atoms with van der Waals surface area (Å²) in [6.07, 6.45) is 0.171. The second-order valence-electron chi connectivity index (χ2n) is 7.02. The third-order valence-electron chi connectivity index (χ3n) is 5.13. The van der Waals surface area contributed by atoms with Crippen LogP contribution in [0.2, 0.25) is 0 Å². The molecule has 3 aromatic rings. The highest BCUT2D eigenvalue weighted by Crippen LogP contribution is 2.43. The number of nitrogen functional groups attached to an aromatic ring is 1. The number of sulfone groups is 1. The number of nitrogens with zero attached hydrogens (tertiary/aromatic N) is 4. The molecule has 1 fully saturated rings. The Morgan fingerprint density at radius 3 is 2.60 bits per heavy atom. The number of ketones is 1. The van der Waals surface area contributed by atoms with Crippen LogP contribution in [0.4, 0.5) is 5.82 Å². The first kappa shape index (κ1) is 20.3. The molecule has 1 aromatic carbocycles. The lowest BCUT2D eigenvalue weighted by molar-refractivity contribution is -0.0894. The third kappa shape index (κ3) is 2.88. The summed E-state index contributed by atoms with van der Waals surface area (Å²) in [5, 5.41) is 18.7. The zero-order valence-electron chi connectivity index (χ0n) is 15.8. The maximum absolute atomic E-state index is 13.8. The van der Waals surface area contributed by atoms with Gasteiger partial charge in [-0.05, 0) is 0 Å². The Morgan fingerprint density at radius 2 is 1.97 bits per heavy atom. The predicted octanol–water partition coefficient (Wildman–Crippen LogP) is -0.891. The fourth-order valence-corrected chi connectivity index (χ4v) is 5.40. The number of imidazole rings is 1. The molecule has 0 saturated carbocycles. The number of anilines is 1. The molecule has 0 spiro atoms. The van der Waals surface area contributed by atoms with E-state index in [1.165, 1.54) is 18.5 Å². The van der Waals surface area contributed by atoms with Crippen LogP contribution in [0.15, 0.2) is 43.0 Å². The van der Waals surface area contributed by atoms with Gasteiger partial charge >= 0.3 is 0 Å². The average molecular weight is 433 g/mol. The van der Waals surface area contributed by atoms with E-state index in [0.29, 0.717) is 0 Å². The number of hydrogen-bond acceptors (Lipinski definition) is 10. The molecule has 2 aromatic heterocycles. The number of Topliss-reactive ketones (excluding diaryl/α,β-unsaturated/α-hetero) is 1. The molecular weight excluding hydrogens is 414 g/mol. The van der Waals surface area contributed by atoms with Crippen molar-refractivity contribution in [3.05, 3.63) is 48.5 Å². The number of aromatic nitrogens is 4. The van der Waals surface area contributed by atoms with Gasteiger partial charge in [-0.15, -0.1) is 0 Å². The highest BCUT2D eigenvalue weighted by atomic mass is 32.2. The lowest BCUT2D eigenvalue weighted by Crippen LogP contribution is -2.55. The van der Waals surface area contributed by atoms with Crippen LogP contribution in [0.1, 0.15) is 10.4 Å². The van der Waals surface area contributed by atoms with Gasteiger partial charge in [0.15, 0.2) is 21.3 Å². The summed E-state index contributed by atoms with van der Waals surface area (Å²) < 4.78 is 32.6. The average Bonchev–Trinajstić information content (AvgIpc) is 3.28. The molecular formula is C18H19N5O6S. The molecule has 11 nitrogen and oxygen atoms in total. The Hall–Kier alpha value is -2.93. The van der Waals surface area contributed by atoms with Crippen LogP contribution in [0.25, 0.3) is 11.2 Å². The number of carbonyl (C=O) groups is 1. The molecule has 30 heavy (non-hydrogen) atoms. The maximum atomic E-state index is 13.8. The summed E-state index contributed by atoms with van der Waals surface area (Å²) in [5.41, 5.74) is 3.88. The van der Waals surface area contributed by atoms with E-state index in [2.05, 4.69) is 15.0 Å². The van der Waals surface area contributed by atoms with Crippen LogP contribution in [0.3, 0.4) is 0 Å². The number of fused-ring (bicyclic) bond motifs is 1. The molecule has 4 rings (SSSR count).